The first-order chi connectivity index (χ1) is 24.6. The van der Waals surface area contributed by atoms with E-state index in [1.807, 2.05) is 21.1 Å². The van der Waals surface area contributed by atoms with Crippen LogP contribution < -0.4 is 4.89 Å². The number of hydrogen-bond donors (Lipinski definition) is 0. The molecule has 0 aliphatic heterocycles. The fourth-order valence-electron chi connectivity index (χ4n) is 4.94. The predicted octanol–water partition coefficient (Wildman–Crippen LogP) is 10.7. The van der Waals surface area contributed by atoms with Crippen molar-refractivity contribution in [2.45, 2.75) is 148 Å². The molecular formula is C42H76NO7P. The summed E-state index contributed by atoms with van der Waals surface area (Å²) in [4.78, 5) is 25.0. The molecule has 8 nitrogen and oxygen atoms in total. The molecule has 0 spiro atoms. The maximum absolute atomic E-state index is 12.6. The Hall–Kier alpha value is -1.80. The van der Waals surface area contributed by atoms with Crippen LogP contribution in [0, 0.1) is 0 Å². The summed E-state index contributed by atoms with van der Waals surface area (Å²) in [6.07, 6.45) is 42.3. The molecule has 0 saturated carbocycles. The average molecular weight is 738 g/mol. The summed E-state index contributed by atoms with van der Waals surface area (Å²) in [5.74, 6) is -0.360. The largest absolute Gasteiger partial charge is 0.756 e. The number of unbranched alkanes of at least 4 members (excludes halogenated alkanes) is 12. The smallest absolute Gasteiger partial charge is 0.306 e. The molecule has 0 aromatic heterocycles. The molecule has 0 aromatic rings. The highest BCUT2D eigenvalue weighted by atomic mass is 31.2. The number of phosphoric acid groups is 1. The number of likely N-dealkylation sites (N-methyl/N-ethyl adjacent to an activating group) is 1. The molecule has 0 amide bonds. The minimum Gasteiger partial charge on any atom is -0.756 e. The quantitative estimate of drug-likeness (QED) is 0.0208. The number of carbonyl (C=O) groups excluding carboxylic acids is 1. The number of phosphoric ester groups is 1. The lowest BCUT2D eigenvalue weighted by Crippen LogP contribution is -2.37. The second-order valence-electron chi connectivity index (χ2n) is 14.3. The van der Waals surface area contributed by atoms with E-state index >= 15 is 0 Å². The average Bonchev–Trinajstić information content (AvgIpc) is 3.08. The topological polar surface area (TPSA) is 94.1 Å². The van der Waals surface area contributed by atoms with Crippen LogP contribution in [0.1, 0.15) is 142 Å². The lowest BCUT2D eigenvalue weighted by Gasteiger charge is -2.28. The number of ether oxygens (including phenoxy) is 2. The van der Waals surface area contributed by atoms with Crippen molar-refractivity contribution < 1.29 is 37.3 Å². The summed E-state index contributed by atoms with van der Waals surface area (Å²) in [5, 5.41) is 0. The van der Waals surface area contributed by atoms with Crippen molar-refractivity contribution in [3.05, 3.63) is 60.8 Å². The molecule has 2 atom stereocenters. The van der Waals surface area contributed by atoms with E-state index in [-0.39, 0.29) is 32.2 Å². The first-order valence-corrected chi connectivity index (χ1v) is 21.5. The molecule has 0 aliphatic rings. The minimum absolute atomic E-state index is 0.0157. The lowest BCUT2D eigenvalue weighted by molar-refractivity contribution is -0.870. The van der Waals surface area contributed by atoms with E-state index in [0.29, 0.717) is 17.6 Å². The van der Waals surface area contributed by atoms with Gasteiger partial charge in [-0.1, -0.05) is 120 Å². The van der Waals surface area contributed by atoms with Crippen molar-refractivity contribution in [2.75, 3.05) is 54.1 Å². The molecule has 0 N–H and O–H groups in total. The van der Waals surface area contributed by atoms with Crippen LogP contribution in [-0.2, 0) is 27.9 Å². The van der Waals surface area contributed by atoms with E-state index < -0.39 is 13.9 Å². The highest BCUT2D eigenvalue weighted by Gasteiger charge is 2.20. The number of rotatable bonds is 36. The predicted molar refractivity (Wildman–Crippen MR) is 212 cm³/mol. The highest BCUT2D eigenvalue weighted by molar-refractivity contribution is 7.45. The molecule has 0 heterocycles. The lowest BCUT2D eigenvalue weighted by atomic mass is 10.1. The van der Waals surface area contributed by atoms with Crippen LogP contribution in [0.25, 0.3) is 0 Å². The van der Waals surface area contributed by atoms with E-state index in [9.17, 15) is 14.3 Å². The third kappa shape index (κ3) is 39.2. The van der Waals surface area contributed by atoms with Crippen molar-refractivity contribution in [1.82, 2.24) is 0 Å². The third-order valence-corrected chi connectivity index (χ3v) is 9.02. The van der Waals surface area contributed by atoms with Gasteiger partial charge in [0.2, 0.25) is 0 Å². The zero-order valence-electron chi connectivity index (χ0n) is 33.3. The van der Waals surface area contributed by atoms with Crippen LogP contribution in [0.4, 0.5) is 0 Å². The molecule has 0 aromatic carbocycles. The fourth-order valence-corrected chi connectivity index (χ4v) is 5.67. The summed E-state index contributed by atoms with van der Waals surface area (Å²) in [5.41, 5.74) is 0. The van der Waals surface area contributed by atoms with Gasteiger partial charge in [-0.25, -0.2) is 0 Å². The molecule has 0 aliphatic carbocycles. The zero-order chi connectivity index (χ0) is 37.7. The Morgan fingerprint density at radius 3 is 1.71 bits per heavy atom. The van der Waals surface area contributed by atoms with Crippen molar-refractivity contribution >= 4 is 13.8 Å². The third-order valence-electron chi connectivity index (χ3n) is 8.05. The number of carbonyl (C=O) groups is 1. The number of nitrogens with zero attached hydrogens (tertiary/aromatic N) is 1. The van der Waals surface area contributed by atoms with Crippen LogP contribution in [0.2, 0.25) is 0 Å². The minimum atomic E-state index is -4.53. The van der Waals surface area contributed by atoms with Crippen LogP contribution in [0.3, 0.4) is 0 Å². The molecule has 0 bridgehead atoms. The fraction of sp³-hybridized carbons (Fsp3) is 0.738. The van der Waals surface area contributed by atoms with Gasteiger partial charge in [-0.3, -0.25) is 9.36 Å². The van der Waals surface area contributed by atoms with Crippen LogP contribution in [-0.4, -0.2) is 70.7 Å². The molecule has 2 unspecified atom stereocenters. The van der Waals surface area contributed by atoms with Gasteiger partial charge in [0.1, 0.15) is 19.3 Å². The molecule has 0 saturated heterocycles. The Morgan fingerprint density at radius 2 is 1.14 bits per heavy atom. The Morgan fingerprint density at radius 1 is 0.627 bits per heavy atom. The standard InChI is InChI=1S/C42H76NO7P/c1-6-8-10-12-14-16-18-20-22-23-25-27-29-31-33-35-42(44)50-41(40-49-51(45,46)48-38-36-43(3,4)5)39-47-37-34-32-30-28-26-24-21-19-17-15-13-11-9-7-2/h9,11,14-17,20-22,24,41H,6-8,10,12-13,18-19,23,25-40H2,1-5H3/b11-9-,16-14-,17-15-,22-20-,24-21-. The first-order valence-electron chi connectivity index (χ1n) is 20.0. The van der Waals surface area contributed by atoms with E-state index in [2.05, 4.69) is 74.6 Å². The summed E-state index contributed by atoms with van der Waals surface area (Å²) < 4.78 is 34.4. The van der Waals surface area contributed by atoms with Gasteiger partial charge in [-0.2, -0.15) is 0 Å². The van der Waals surface area contributed by atoms with Gasteiger partial charge in [-0.05, 0) is 77.0 Å². The van der Waals surface area contributed by atoms with Crippen molar-refractivity contribution in [1.29, 1.82) is 0 Å². The maximum atomic E-state index is 12.6. The molecule has 296 valence electrons. The Labute approximate surface area is 313 Å². The molecule has 0 fully saturated rings. The van der Waals surface area contributed by atoms with Gasteiger partial charge in [0.05, 0.1) is 34.4 Å². The SMILES string of the molecule is CC/C=C\C/C=C\C/C=C\CCCCCCOCC(COP(=O)([O-])OCC[N+](C)(C)C)OC(=O)CCCCCCC/C=C\C/C=C\CCCCC. The summed E-state index contributed by atoms with van der Waals surface area (Å²) in [7, 11) is 1.32. The van der Waals surface area contributed by atoms with E-state index in [4.69, 9.17) is 18.5 Å². The number of esters is 1. The van der Waals surface area contributed by atoms with Gasteiger partial charge >= 0.3 is 5.97 Å². The Kier molecular flexibility index (Phi) is 34.0. The molecule has 0 rings (SSSR count). The summed E-state index contributed by atoms with van der Waals surface area (Å²) >= 11 is 0. The van der Waals surface area contributed by atoms with Gasteiger partial charge in [0, 0.05) is 13.0 Å². The van der Waals surface area contributed by atoms with Gasteiger partial charge in [0.15, 0.2) is 0 Å². The number of hydrogen-bond acceptors (Lipinski definition) is 7. The van der Waals surface area contributed by atoms with Crippen LogP contribution >= 0.6 is 7.82 Å². The van der Waals surface area contributed by atoms with Crippen molar-refractivity contribution in [3.8, 4) is 0 Å². The van der Waals surface area contributed by atoms with E-state index in [1.54, 1.807) is 0 Å². The summed E-state index contributed by atoms with van der Waals surface area (Å²) in [6.45, 7) is 5.17. The van der Waals surface area contributed by atoms with Gasteiger partial charge in [-0.15, -0.1) is 0 Å². The normalized spacial score (nSPS) is 14.5. The van der Waals surface area contributed by atoms with E-state index in [1.165, 1.54) is 25.7 Å². The van der Waals surface area contributed by atoms with Gasteiger partial charge in [0.25, 0.3) is 7.82 Å². The highest BCUT2D eigenvalue weighted by Crippen LogP contribution is 2.38. The van der Waals surface area contributed by atoms with Gasteiger partial charge < -0.3 is 27.9 Å². The Bertz CT molecular complexity index is 1000. The number of quaternary nitrogens is 1. The van der Waals surface area contributed by atoms with E-state index in [0.717, 1.165) is 96.3 Å². The van der Waals surface area contributed by atoms with Crippen molar-refractivity contribution in [2.24, 2.45) is 0 Å². The zero-order valence-corrected chi connectivity index (χ0v) is 34.2. The van der Waals surface area contributed by atoms with Crippen LogP contribution in [0.15, 0.2) is 60.8 Å². The summed E-state index contributed by atoms with van der Waals surface area (Å²) in [6, 6.07) is 0. The number of allylic oxidation sites excluding steroid dienone is 10. The monoisotopic (exact) mass is 738 g/mol. The maximum Gasteiger partial charge on any atom is 0.306 e. The molecule has 9 heteroatoms. The second kappa shape index (κ2) is 35.2. The molecule has 0 radical (unpaired) electrons. The molecule has 51 heavy (non-hydrogen) atoms. The Balaban J connectivity index is 4.37. The molecular weight excluding hydrogens is 661 g/mol. The van der Waals surface area contributed by atoms with Crippen molar-refractivity contribution in [3.63, 3.8) is 0 Å². The second-order valence-corrected chi connectivity index (χ2v) is 15.7. The first kappa shape index (κ1) is 49.2. The van der Waals surface area contributed by atoms with Crippen LogP contribution in [0.5, 0.6) is 0 Å².